The maximum Gasteiger partial charge on any atom is 0.261 e. The van der Waals surface area contributed by atoms with Gasteiger partial charge in [-0.15, -0.1) is 0 Å². The van der Waals surface area contributed by atoms with Gasteiger partial charge in [0.2, 0.25) is 5.91 Å². The summed E-state index contributed by atoms with van der Waals surface area (Å²) in [6.45, 7) is 4.63. The smallest absolute Gasteiger partial charge is 0.261 e. The van der Waals surface area contributed by atoms with Gasteiger partial charge < -0.3 is 15.0 Å². The van der Waals surface area contributed by atoms with Crippen molar-refractivity contribution in [1.29, 1.82) is 0 Å². The van der Waals surface area contributed by atoms with Gasteiger partial charge in [-0.05, 0) is 38.5 Å². The molecule has 0 unspecified atom stereocenters. The summed E-state index contributed by atoms with van der Waals surface area (Å²) < 4.78 is 18.5. The molecule has 0 bridgehead atoms. The molecule has 2 rings (SSSR count). The van der Waals surface area contributed by atoms with Crippen molar-refractivity contribution in [3.8, 4) is 5.75 Å². The number of carbonyl (C=O) groups excluding carboxylic acids is 2. The molecule has 5 nitrogen and oxygen atoms in total. The second-order valence-electron chi connectivity index (χ2n) is 5.69. The van der Waals surface area contributed by atoms with Crippen molar-refractivity contribution in [2.45, 2.75) is 38.8 Å². The summed E-state index contributed by atoms with van der Waals surface area (Å²) in [5.74, 6) is -0.417. The number of likely N-dealkylation sites (tertiary alicyclic amines) is 1. The zero-order valence-corrected chi connectivity index (χ0v) is 13.9. The van der Waals surface area contributed by atoms with E-state index in [4.69, 9.17) is 16.3 Å². The van der Waals surface area contributed by atoms with Crippen molar-refractivity contribution in [3.63, 3.8) is 0 Å². The van der Waals surface area contributed by atoms with Crippen LogP contribution in [0.3, 0.4) is 0 Å². The molecular weight excluding hydrogens is 323 g/mol. The van der Waals surface area contributed by atoms with Crippen molar-refractivity contribution in [1.82, 2.24) is 10.2 Å². The van der Waals surface area contributed by atoms with E-state index in [0.717, 1.165) is 19.0 Å². The molecular formula is C16H20ClFN2O3. The molecule has 1 heterocycles. The van der Waals surface area contributed by atoms with Crippen LogP contribution in [0.25, 0.3) is 0 Å². The van der Waals surface area contributed by atoms with Crippen LogP contribution in [-0.2, 0) is 9.59 Å². The molecule has 23 heavy (non-hydrogen) atoms. The minimum Gasteiger partial charge on any atom is -0.479 e. The normalized spacial score (nSPS) is 17.0. The van der Waals surface area contributed by atoms with Gasteiger partial charge in [0, 0.05) is 25.6 Å². The van der Waals surface area contributed by atoms with Crippen molar-refractivity contribution in [3.05, 3.63) is 29.0 Å². The van der Waals surface area contributed by atoms with Crippen molar-refractivity contribution in [2.75, 3.05) is 13.1 Å². The molecule has 1 fully saturated rings. The highest BCUT2D eigenvalue weighted by atomic mass is 35.5. The number of carbonyl (C=O) groups is 2. The van der Waals surface area contributed by atoms with Gasteiger partial charge in [0.05, 0.1) is 5.02 Å². The first-order valence-electron chi connectivity index (χ1n) is 7.56. The van der Waals surface area contributed by atoms with Crippen LogP contribution < -0.4 is 10.1 Å². The molecule has 0 aliphatic carbocycles. The molecule has 1 N–H and O–H groups in total. The Morgan fingerprint density at radius 2 is 2.22 bits per heavy atom. The Kier molecular flexibility index (Phi) is 5.82. The molecule has 1 aliphatic heterocycles. The topological polar surface area (TPSA) is 58.6 Å². The number of benzene rings is 1. The Bertz CT molecular complexity index is 597. The summed E-state index contributed by atoms with van der Waals surface area (Å²) in [6.07, 6.45) is 0.653. The van der Waals surface area contributed by atoms with Crippen LogP contribution in [0.1, 0.15) is 26.7 Å². The highest BCUT2D eigenvalue weighted by Crippen LogP contribution is 2.25. The monoisotopic (exact) mass is 342 g/mol. The lowest BCUT2D eigenvalue weighted by Gasteiger charge is -2.23. The molecule has 2 atom stereocenters. The lowest BCUT2D eigenvalue weighted by molar-refractivity contribution is -0.130. The number of hydrogen-bond acceptors (Lipinski definition) is 3. The van der Waals surface area contributed by atoms with Crippen LogP contribution >= 0.6 is 11.6 Å². The third kappa shape index (κ3) is 4.82. The molecule has 0 saturated carbocycles. The summed E-state index contributed by atoms with van der Waals surface area (Å²) in [7, 11) is 0. The van der Waals surface area contributed by atoms with Gasteiger partial charge in [0.25, 0.3) is 5.91 Å². The predicted molar refractivity (Wildman–Crippen MR) is 84.9 cm³/mol. The van der Waals surface area contributed by atoms with Gasteiger partial charge in [-0.2, -0.15) is 0 Å². The minimum atomic E-state index is -0.783. The van der Waals surface area contributed by atoms with Crippen LogP contribution in [-0.4, -0.2) is 41.9 Å². The van der Waals surface area contributed by atoms with Crippen LogP contribution in [0.5, 0.6) is 5.75 Å². The second kappa shape index (κ2) is 7.64. The highest BCUT2D eigenvalue weighted by molar-refractivity contribution is 6.32. The van der Waals surface area contributed by atoms with E-state index in [9.17, 15) is 14.0 Å². The Morgan fingerprint density at radius 1 is 1.48 bits per heavy atom. The van der Waals surface area contributed by atoms with E-state index in [-0.39, 0.29) is 28.6 Å². The maximum atomic E-state index is 13.0. The van der Waals surface area contributed by atoms with E-state index in [1.165, 1.54) is 12.1 Å². The van der Waals surface area contributed by atoms with Crippen molar-refractivity contribution in [2.24, 2.45) is 0 Å². The number of hydrogen-bond donors (Lipinski definition) is 1. The van der Waals surface area contributed by atoms with E-state index in [2.05, 4.69) is 5.32 Å². The average Bonchev–Trinajstić information content (AvgIpc) is 2.87. The van der Waals surface area contributed by atoms with E-state index in [1.807, 2.05) is 6.92 Å². The fourth-order valence-electron chi connectivity index (χ4n) is 2.45. The number of ether oxygens (including phenoxy) is 1. The number of halogens is 2. The second-order valence-corrected chi connectivity index (χ2v) is 6.09. The van der Waals surface area contributed by atoms with Gasteiger partial charge in [-0.1, -0.05) is 11.6 Å². The summed E-state index contributed by atoms with van der Waals surface area (Å²) in [5.41, 5.74) is 0. The Balaban J connectivity index is 1.85. The van der Waals surface area contributed by atoms with Crippen LogP contribution in [0, 0.1) is 5.82 Å². The van der Waals surface area contributed by atoms with Crippen molar-refractivity contribution >= 4 is 23.4 Å². The summed E-state index contributed by atoms with van der Waals surface area (Å²) in [4.78, 5) is 25.5. The number of rotatable bonds is 6. The Morgan fingerprint density at radius 3 is 2.83 bits per heavy atom. The molecule has 1 saturated heterocycles. The molecule has 1 aromatic carbocycles. The molecule has 0 radical (unpaired) electrons. The van der Waals surface area contributed by atoms with Gasteiger partial charge in [0.1, 0.15) is 11.6 Å². The van der Waals surface area contributed by atoms with Crippen LogP contribution in [0.2, 0.25) is 5.02 Å². The number of amides is 2. The van der Waals surface area contributed by atoms with Gasteiger partial charge in [-0.3, -0.25) is 9.59 Å². The van der Waals surface area contributed by atoms with Gasteiger partial charge in [-0.25, -0.2) is 4.39 Å². The first kappa shape index (κ1) is 17.5. The first-order chi connectivity index (χ1) is 10.9. The average molecular weight is 343 g/mol. The first-order valence-corrected chi connectivity index (χ1v) is 7.94. The third-order valence-corrected chi connectivity index (χ3v) is 3.92. The van der Waals surface area contributed by atoms with Crippen LogP contribution in [0.15, 0.2) is 18.2 Å². The van der Waals surface area contributed by atoms with E-state index >= 15 is 0 Å². The lowest BCUT2D eigenvalue weighted by atomic mass is 10.2. The molecule has 1 aromatic rings. The van der Waals surface area contributed by atoms with E-state index in [1.54, 1.807) is 11.8 Å². The summed E-state index contributed by atoms with van der Waals surface area (Å²) >= 11 is 5.87. The Hall–Kier alpha value is -1.82. The minimum absolute atomic E-state index is 0.111. The van der Waals surface area contributed by atoms with E-state index in [0.29, 0.717) is 13.0 Å². The quantitative estimate of drug-likeness (QED) is 0.863. The molecule has 126 valence electrons. The third-order valence-electron chi connectivity index (χ3n) is 3.62. The highest BCUT2D eigenvalue weighted by Gasteiger charge is 2.24. The molecule has 0 spiro atoms. The Labute approximate surface area is 139 Å². The van der Waals surface area contributed by atoms with Gasteiger partial charge >= 0.3 is 0 Å². The molecule has 7 heteroatoms. The largest absolute Gasteiger partial charge is 0.479 e. The molecule has 0 aromatic heterocycles. The predicted octanol–water partition coefficient (Wildman–Crippen LogP) is 2.37. The number of nitrogens with one attached hydrogen (secondary N) is 1. The zero-order chi connectivity index (χ0) is 17.0. The van der Waals surface area contributed by atoms with E-state index < -0.39 is 11.9 Å². The fourth-order valence-corrected chi connectivity index (χ4v) is 2.66. The number of nitrogens with zero attached hydrogens (tertiary/aromatic N) is 1. The van der Waals surface area contributed by atoms with Crippen molar-refractivity contribution < 1.29 is 18.7 Å². The summed E-state index contributed by atoms with van der Waals surface area (Å²) in [6, 6.07) is 3.55. The van der Waals surface area contributed by atoms with Gasteiger partial charge in [0.15, 0.2) is 6.10 Å². The SMILES string of the molecule is C[C@H](CN1CCCC1=O)NC(=O)[C@H](C)Oc1ccc(F)cc1Cl. The molecule has 2 amide bonds. The molecule has 1 aliphatic rings. The summed E-state index contributed by atoms with van der Waals surface area (Å²) in [5, 5.41) is 2.91. The zero-order valence-electron chi connectivity index (χ0n) is 13.1. The lowest BCUT2D eigenvalue weighted by Crippen LogP contribution is -2.46. The standard InChI is InChI=1S/C16H20ClFN2O3/c1-10(9-20-7-3-4-15(20)21)19-16(22)11(2)23-14-6-5-12(18)8-13(14)17/h5-6,8,10-11H,3-4,7,9H2,1-2H3,(H,19,22)/t10-,11+/m1/s1. The maximum absolute atomic E-state index is 13.0. The van der Waals surface area contributed by atoms with Crippen LogP contribution in [0.4, 0.5) is 4.39 Å². The fraction of sp³-hybridized carbons (Fsp3) is 0.500.